The maximum absolute atomic E-state index is 13.2. The SMILES string of the molecule is Cc1ccc(C2=Nc3ccccc3N(CC(=O)Nc3ccc(C(C)C)cc3)C(=O)C2)cc1. The van der Waals surface area contributed by atoms with Crippen molar-refractivity contribution in [2.75, 3.05) is 16.8 Å². The number of amides is 2. The largest absolute Gasteiger partial charge is 0.325 e. The predicted octanol–water partition coefficient (Wildman–Crippen LogP) is 5.61. The summed E-state index contributed by atoms with van der Waals surface area (Å²) in [4.78, 5) is 32.3. The van der Waals surface area contributed by atoms with Crippen LogP contribution in [0.2, 0.25) is 0 Å². The monoisotopic (exact) mass is 425 g/mol. The lowest BCUT2D eigenvalue weighted by molar-refractivity contribution is -0.120. The number of para-hydroxylation sites is 2. The first-order valence-corrected chi connectivity index (χ1v) is 10.8. The van der Waals surface area contributed by atoms with Gasteiger partial charge in [-0.25, -0.2) is 0 Å². The van der Waals surface area contributed by atoms with E-state index in [1.54, 1.807) is 0 Å². The maximum Gasteiger partial charge on any atom is 0.244 e. The van der Waals surface area contributed by atoms with Crippen molar-refractivity contribution in [3.05, 3.63) is 89.5 Å². The van der Waals surface area contributed by atoms with Crippen molar-refractivity contribution in [2.45, 2.75) is 33.1 Å². The molecule has 0 bridgehead atoms. The molecule has 5 heteroatoms. The number of hydrogen-bond donors (Lipinski definition) is 1. The highest BCUT2D eigenvalue weighted by Gasteiger charge is 2.26. The van der Waals surface area contributed by atoms with Gasteiger partial charge in [-0.05, 0) is 48.2 Å². The molecule has 0 atom stereocenters. The Balaban J connectivity index is 1.55. The molecule has 3 aromatic rings. The summed E-state index contributed by atoms with van der Waals surface area (Å²) in [7, 11) is 0. The number of hydrogen-bond acceptors (Lipinski definition) is 3. The second-order valence-electron chi connectivity index (χ2n) is 8.39. The molecule has 0 spiro atoms. The predicted molar refractivity (Wildman–Crippen MR) is 130 cm³/mol. The van der Waals surface area contributed by atoms with Crippen LogP contribution in [0.3, 0.4) is 0 Å². The van der Waals surface area contributed by atoms with Crippen molar-refractivity contribution in [1.82, 2.24) is 0 Å². The lowest BCUT2D eigenvalue weighted by Gasteiger charge is -2.22. The molecule has 1 N–H and O–H groups in total. The van der Waals surface area contributed by atoms with E-state index in [-0.39, 0.29) is 24.8 Å². The summed E-state index contributed by atoms with van der Waals surface area (Å²) < 4.78 is 0. The van der Waals surface area contributed by atoms with Gasteiger partial charge >= 0.3 is 0 Å². The van der Waals surface area contributed by atoms with Gasteiger partial charge < -0.3 is 10.2 Å². The van der Waals surface area contributed by atoms with Gasteiger partial charge in [-0.1, -0.05) is 67.9 Å². The molecular formula is C27H27N3O2. The number of nitrogens with one attached hydrogen (secondary N) is 1. The Hall–Kier alpha value is -3.73. The third kappa shape index (κ3) is 4.78. The van der Waals surface area contributed by atoms with Gasteiger partial charge in [0.2, 0.25) is 11.8 Å². The minimum atomic E-state index is -0.246. The smallest absolute Gasteiger partial charge is 0.244 e. The highest BCUT2D eigenvalue weighted by Crippen LogP contribution is 2.33. The first-order valence-electron chi connectivity index (χ1n) is 10.8. The number of aryl methyl sites for hydroxylation is 1. The van der Waals surface area contributed by atoms with Crippen LogP contribution in [-0.2, 0) is 9.59 Å². The van der Waals surface area contributed by atoms with Crippen LogP contribution >= 0.6 is 0 Å². The van der Waals surface area contributed by atoms with Crippen molar-refractivity contribution in [3.8, 4) is 0 Å². The summed E-state index contributed by atoms with van der Waals surface area (Å²) >= 11 is 0. The number of anilines is 2. The summed E-state index contributed by atoms with van der Waals surface area (Å²) in [6.45, 7) is 6.21. The second kappa shape index (κ2) is 9.18. The van der Waals surface area contributed by atoms with Crippen molar-refractivity contribution < 1.29 is 9.59 Å². The maximum atomic E-state index is 13.2. The highest BCUT2D eigenvalue weighted by molar-refractivity contribution is 6.19. The lowest BCUT2D eigenvalue weighted by atomic mass is 10.0. The van der Waals surface area contributed by atoms with Gasteiger partial charge in [0.05, 0.1) is 23.5 Å². The first kappa shape index (κ1) is 21.5. The molecule has 4 rings (SSSR count). The Morgan fingerprint density at radius 2 is 1.69 bits per heavy atom. The number of aliphatic imine (C=N–C) groups is 1. The fourth-order valence-electron chi connectivity index (χ4n) is 3.73. The zero-order chi connectivity index (χ0) is 22.7. The average Bonchev–Trinajstić information content (AvgIpc) is 2.91. The van der Waals surface area contributed by atoms with E-state index in [1.165, 1.54) is 10.5 Å². The molecule has 1 aliphatic rings. The standard InChI is InChI=1S/C27H27N3O2/c1-18(2)20-12-14-22(15-13-20)28-26(31)17-30-25-7-5-4-6-23(25)29-24(16-27(30)32)21-10-8-19(3)9-11-21/h4-15,18H,16-17H2,1-3H3,(H,28,31). The van der Waals surface area contributed by atoms with Crippen molar-refractivity contribution >= 4 is 34.6 Å². The first-order chi connectivity index (χ1) is 15.4. The summed E-state index contributed by atoms with van der Waals surface area (Å²) in [5.41, 5.74) is 6.01. The molecule has 0 fully saturated rings. The summed E-state index contributed by atoms with van der Waals surface area (Å²) in [6.07, 6.45) is 0.133. The molecule has 1 heterocycles. The van der Waals surface area contributed by atoms with E-state index in [0.717, 1.165) is 11.1 Å². The number of carbonyl (C=O) groups excluding carboxylic acids is 2. The fourth-order valence-corrected chi connectivity index (χ4v) is 3.73. The second-order valence-corrected chi connectivity index (χ2v) is 8.39. The molecule has 0 unspecified atom stereocenters. The van der Waals surface area contributed by atoms with Gasteiger partial charge in [-0.2, -0.15) is 0 Å². The summed E-state index contributed by atoms with van der Waals surface area (Å²) in [5.74, 6) is 0.0255. The van der Waals surface area contributed by atoms with Gasteiger partial charge in [0.1, 0.15) is 6.54 Å². The van der Waals surface area contributed by atoms with E-state index in [2.05, 4.69) is 19.2 Å². The molecular weight excluding hydrogens is 398 g/mol. The summed E-state index contributed by atoms with van der Waals surface area (Å²) in [5, 5.41) is 2.91. The van der Waals surface area contributed by atoms with Gasteiger partial charge in [0.15, 0.2) is 0 Å². The Morgan fingerprint density at radius 1 is 1.00 bits per heavy atom. The van der Waals surface area contributed by atoms with E-state index in [0.29, 0.717) is 28.7 Å². The van der Waals surface area contributed by atoms with Gasteiger partial charge in [0.25, 0.3) is 0 Å². The Bertz CT molecular complexity index is 1160. The third-order valence-corrected chi connectivity index (χ3v) is 5.60. The van der Waals surface area contributed by atoms with Crippen LogP contribution < -0.4 is 10.2 Å². The Morgan fingerprint density at radius 3 is 2.38 bits per heavy atom. The van der Waals surface area contributed by atoms with E-state index in [9.17, 15) is 9.59 Å². The van der Waals surface area contributed by atoms with Crippen LogP contribution in [0.5, 0.6) is 0 Å². The van der Waals surface area contributed by atoms with Crippen LogP contribution in [0.1, 0.15) is 42.9 Å². The Kier molecular flexibility index (Phi) is 6.17. The zero-order valence-electron chi connectivity index (χ0n) is 18.6. The minimum absolute atomic E-state index is 0.0710. The topological polar surface area (TPSA) is 61.8 Å². The van der Waals surface area contributed by atoms with E-state index in [4.69, 9.17) is 4.99 Å². The molecule has 2 amide bonds. The van der Waals surface area contributed by atoms with E-state index < -0.39 is 0 Å². The van der Waals surface area contributed by atoms with Crippen LogP contribution in [0.4, 0.5) is 17.1 Å². The number of rotatable bonds is 5. The van der Waals surface area contributed by atoms with E-state index >= 15 is 0 Å². The lowest BCUT2D eigenvalue weighted by Crippen LogP contribution is -2.38. The van der Waals surface area contributed by atoms with Crippen LogP contribution in [0, 0.1) is 6.92 Å². The molecule has 0 saturated carbocycles. The molecule has 162 valence electrons. The van der Waals surface area contributed by atoms with Crippen LogP contribution in [-0.4, -0.2) is 24.1 Å². The molecule has 3 aromatic carbocycles. The molecule has 0 saturated heterocycles. The van der Waals surface area contributed by atoms with Gasteiger partial charge in [-0.15, -0.1) is 0 Å². The minimum Gasteiger partial charge on any atom is -0.325 e. The van der Waals surface area contributed by atoms with Gasteiger partial charge in [-0.3, -0.25) is 14.6 Å². The van der Waals surface area contributed by atoms with E-state index in [1.807, 2.05) is 79.7 Å². The van der Waals surface area contributed by atoms with Crippen molar-refractivity contribution in [2.24, 2.45) is 4.99 Å². The van der Waals surface area contributed by atoms with Crippen molar-refractivity contribution in [3.63, 3.8) is 0 Å². The number of benzene rings is 3. The van der Waals surface area contributed by atoms with Crippen LogP contribution in [0.25, 0.3) is 0 Å². The molecule has 0 aromatic heterocycles. The molecule has 5 nitrogen and oxygen atoms in total. The average molecular weight is 426 g/mol. The quantitative estimate of drug-likeness (QED) is 0.577. The van der Waals surface area contributed by atoms with Crippen LogP contribution in [0.15, 0.2) is 77.8 Å². The fraction of sp³-hybridized carbons (Fsp3) is 0.222. The highest BCUT2D eigenvalue weighted by atomic mass is 16.2. The molecule has 1 aliphatic heterocycles. The Labute approximate surface area is 188 Å². The third-order valence-electron chi connectivity index (χ3n) is 5.60. The van der Waals surface area contributed by atoms with Gasteiger partial charge in [0, 0.05) is 5.69 Å². The molecule has 0 radical (unpaired) electrons. The number of carbonyl (C=O) groups is 2. The molecule has 32 heavy (non-hydrogen) atoms. The normalized spacial score (nSPS) is 13.4. The zero-order valence-corrected chi connectivity index (χ0v) is 18.6. The van der Waals surface area contributed by atoms with Crippen molar-refractivity contribution in [1.29, 1.82) is 0 Å². The summed E-state index contributed by atoms with van der Waals surface area (Å²) in [6, 6.07) is 23.2. The number of nitrogens with zero attached hydrogens (tertiary/aromatic N) is 2. The number of fused-ring (bicyclic) bond motifs is 1. The molecule has 0 aliphatic carbocycles.